The normalized spacial score (nSPS) is 12.7. The van der Waals surface area contributed by atoms with Crippen molar-refractivity contribution in [2.24, 2.45) is 0 Å². The highest BCUT2D eigenvalue weighted by Gasteiger charge is 2.31. The van der Waals surface area contributed by atoms with Crippen LogP contribution in [0.2, 0.25) is 10.0 Å². The van der Waals surface area contributed by atoms with Gasteiger partial charge in [0.2, 0.25) is 21.8 Å². The second-order valence-corrected chi connectivity index (χ2v) is 12.7. The van der Waals surface area contributed by atoms with E-state index in [9.17, 15) is 26.8 Å². The summed E-state index contributed by atoms with van der Waals surface area (Å²) < 4.78 is 52.7. The second-order valence-electron chi connectivity index (χ2n) is 9.97. The fourth-order valence-corrected chi connectivity index (χ4v) is 5.13. The number of hydrogen-bond acceptors (Lipinski definition) is 4. The lowest BCUT2D eigenvalue weighted by molar-refractivity contribution is -0.142. The number of nitrogens with zero attached hydrogens (tertiary/aromatic N) is 2. The predicted molar refractivity (Wildman–Crippen MR) is 147 cm³/mol. The Morgan fingerprint density at radius 3 is 2.21 bits per heavy atom. The van der Waals surface area contributed by atoms with Crippen molar-refractivity contribution in [1.29, 1.82) is 0 Å². The van der Waals surface area contributed by atoms with Gasteiger partial charge in [0.05, 0.1) is 22.0 Å². The number of rotatable bonds is 11. The number of carbonyl (C=O) groups excluding carboxylic acids is 2. The number of anilines is 1. The Bertz CT molecular complexity index is 1270. The molecule has 0 aromatic heterocycles. The first-order valence-corrected chi connectivity index (χ1v) is 14.6. The molecule has 2 aromatic carbocycles. The third kappa shape index (κ3) is 9.10. The Morgan fingerprint density at radius 1 is 1.03 bits per heavy atom. The Hall–Kier alpha value is -2.43. The molecule has 1 N–H and O–H groups in total. The molecular weight excluding hydrogens is 559 g/mol. The van der Waals surface area contributed by atoms with Crippen molar-refractivity contribution in [2.45, 2.75) is 65.1 Å². The molecular formula is C26H33Cl2F2N3O4S. The highest BCUT2D eigenvalue weighted by Crippen LogP contribution is 2.25. The second kappa shape index (κ2) is 13.1. The summed E-state index contributed by atoms with van der Waals surface area (Å²) in [6.45, 7) is 7.21. The molecule has 1 atom stereocenters. The molecule has 2 amide bonds. The van der Waals surface area contributed by atoms with Gasteiger partial charge in [-0.05, 0) is 63.4 Å². The lowest BCUT2D eigenvalue weighted by Crippen LogP contribution is -2.53. The van der Waals surface area contributed by atoms with Crippen molar-refractivity contribution in [1.82, 2.24) is 10.2 Å². The number of carbonyl (C=O) groups is 2. The van der Waals surface area contributed by atoms with Crippen LogP contribution in [0.5, 0.6) is 0 Å². The Kier molecular flexibility index (Phi) is 10.9. The molecule has 0 bridgehead atoms. The van der Waals surface area contributed by atoms with Crippen molar-refractivity contribution < 1.29 is 26.8 Å². The number of nitrogens with one attached hydrogen (secondary N) is 1. The maximum absolute atomic E-state index is 13.8. The van der Waals surface area contributed by atoms with E-state index in [1.54, 1.807) is 25.1 Å². The van der Waals surface area contributed by atoms with Gasteiger partial charge in [0, 0.05) is 31.1 Å². The largest absolute Gasteiger partial charge is 0.350 e. The standard InChI is InChI=1S/C26H33Cl2F2N3O4S/c1-6-23(25(35)31-26(2,3)4)32(16-17-9-11-19(27)20(28)14-17)24(34)8-7-13-33(38(5,36)37)18-10-12-21(29)22(30)15-18/h9-12,14-15,23H,6-8,13,16H2,1-5H3,(H,31,35). The molecule has 7 nitrogen and oxygen atoms in total. The van der Waals surface area contributed by atoms with Crippen LogP contribution in [0.15, 0.2) is 36.4 Å². The van der Waals surface area contributed by atoms with Crippen LogP contribution in [0.3, 0.4) is 0 Å². The van der Waals surface area contributed by atoms with Crippen LogP contribution in [0.4, 0.5) is 14.5 Å². The van der Waals surface area contributed by atoms with E-state index in [-0.39, 0.29) is 43.4 Å². The summed E-state index contributed by atoms with van der Waals surface area (Å²) in [5.41, 5.74) is 0.0836. The number of sulfonamides is 1. The number of halogens is 4. The summed E-state index contributed by atoms with van der Waals surface area (Å²) in [6, 6.07) is 6.91. The minimum Gasteiger partial charge on any atom is -0.350 e. The molecule has 0 aliphatic carbocycles. The average molecular weight is 593 g/mol. The Balaban J connectivity index is 2.28. The van der Waals surface area contributed by atoms with Gasteiger partial charge in [0.1, 0.15) is 6.04 Å². The number of benzene rings is 2. The zero-order valence-corrected chi connectivity index (χ0v) is 24.4. The van der Waals surface area contributed by atoms with E-state index in [2.05, 4.69) is 5.32 Å². The first kappa shape index (κ1) is 31.8. The van der Waals surface area contributed by atoms with Crippen LogP contribution in [0.1, 0.15) is 52.5 Å². The molecule has 2 aromatic rings. The summed E-state index contributed by atoms with van der Waals surface area (Å²) in [5.74, 6) is -3.00. The van der Waals surface area contributed by atoms with Gasteiger partial charge in [0.25, 0.3) is 0 Å². The third-order valence-electron chi connectivity index (χ3n) is 5.56. The van der Waals surface area contributed by atoms with E-state index in [4.69, 9.17) is 23.2 Å². The Labute approximate surface area is 233 Å². The van der Waals surface area contributed by atoms with Crippen molar-refractivity contribution >= 4 is 50.7 Å². The summed E-state index contributed by atoms with van der Waals surface area (Å²) in [5, 5.41) is 3.56. The van der Waals surface area contributed by atoms with E-state index < -0.39 is 33.2 Å². The molecule has 0 heterocycles. The van der Waals surface area contributed by atoms with Crippen LogP contribution in [0.25, 0.3) is 0 Å². The van der Waals surface area contributed by atoms with E-state index in [0.717, 1.165) is 28.8 Å². The number of hydrogen-bond donors (Lipinski definition) is 1. The molecule has 0 aliphatic heterocycles. The first-order valence-electron chi connectivity index (χ1n) is 12.0. The Morgan fingerprint density at radius 2 is 1.68 bits per heavy atom. The van der Waals surface area contributed by atoms with E-state index >= 15 is 0 Å². The fraction of sp³-hybridized carbons (Fsp3) is 0.462. The van der Waals surface area contributed by atoms with Crippen LogP contribution in [-0.2, 0) is 26.2 Å². The van der Waals surface area contributed by atoms with Gasteiger partial charge in [-0.2, -0.15) is 0 Å². The molecule has 1 unspecified atom stereocenters. The van der Waals surface area contributed by atoms with Crippen LogP contribution in [0, 0.1) is 11.6 Å². The smallest absolute Gasteiger partial charge is 0.243 e. The van der Waals surface area contributed by atoms with Gasteiger partial charge < -0.3 is 10.2 Å². The summed E-state index contributed by atoms with van der Waals surface area (Å²) in [6.07, 6.45) is 1.24. The summed E-state index contributed by atoms with van der Waals surface area (Å²) in [7, 11) is -3.85. The molecule has 12 heteroatoms. The SMILES string of the molecule is CCC(C(=O)NC(C)(C)C)N(Cc1ccc(Cl)c(Cl)c1)C(=O)CCCN(c1ccc(F)c(F)c1)S(C)(=O)=O. The monoisotopic (exact) mass is 591 g/mol. The maximum atomic E-state index is 13.8. The van der Waals surface area contributed by atoms with Crippen LogP contribution in [-0.4, -0.2) is 49.5 Å². The highest BCUT2D eigenvalue weighted by atomic mass is 35.5. The van der Waals surface area contributed by atoms with Gasteiger partial charge in [-0.3, -0.25) is 13.9 Å². The molecule has 0 radical (unpaired) electrons. The highest BCUT2D eigenvalue weighted by molar-refractivity contribution is 7.92. The first-order chi connectivity index (χ1) is 17.5. The topological polar surface area (TPSA) is 86.8 Å². The fourth-order valence-electron chi connectivity index (χ4n) is 3.85. The third-order valence-corrected chi connectivity index (χ3v) is 7.50. The zero-order valence-electron chi connectivity index (χ0n) is 22.0. The molecule has 0 spiro atoms. The van der Waals surface area contributed by atoms with E-state index in [0.29, 0.717) is 22.0 Å². The van der Waals surface area contributed by atoms with Gasteiger partial charge in [0.15, 0.2) is 11.6 Å². The molecule has 210 valence electrons. The molecule has 38 heavy (non-hydrogen) atoms. The molecule has 2 rings (SSSR count). The van der Waals surface area contributed by atoms with Crippen LogP contribution < -0.4 is 9.62 Å². The van der Waals surface area contributed by atoms with Gasteiger partial charge >= 0.3 is 0 Å². The lowest BCUT2D eigenvalue weighted by atomic mass is 10.0. The maximum Gasteiger partial charge on any atom is 0.243 e. The lowest BCUT2D eigenvalue weighted by Gasteiger charge is -2.33. The van der Waals surface area contributed by atoms with Gasteiger partial charge in [-0.25, -0.2) is 17.2 Å². The molecule has 0 aliphatic rings. The van der Waals surface area contributed by atoms with E-state index in [1.165, 1.54) is 4.90 Å². The average Bonchev–Trinajstić information content (AvgIpc) is 2.78. The van der Waals surface area contributed by atoms with Crippen molar-refractivity contribution in [3.8, 4) is 0 Å². The minimum atomic E-state index is -3.85. The molecule has 0 saturated carbocycles. The molecule has 0 saturated heterocycles. The quantitative estimate of drug-likeness (QED) is 0.371. The zero-order chi connectivity index (χ0) is 28.8. The summed E-state index contributed by atoms with van der Waals surface area (Å²) >= 11 is 12.2. The number of amides is 2. The predicted octanol–water partition coefficient (Wildman–Crippen LogP) is 5.54. The van der Waals surface area contributed by atoms with Crippen molar-refractivity contribution in [2.75, 3.05) is 17.1 Å². The van der Waals surface area contributed by atoms with Crippen molar-refractivity contribution in [3.05, 3.63) is 63.6 Å². The molecule has 0 fully saturated rings. The minimum absolute atomic E-state index is 0.0532. The van der Waals surface area contributed by atoms with Crippen LogP contribution >= 0.6 is 23.2 Å². The van der Waals surface area contributed by atoms with Crippen molar-refractivity contribution in [3.63, 3.8) is 0 Å². The van der Waals surface area contributed by atoms with E-state index in [1.807, 2.05) is 20.8 Å². The van der Waals surface area contributed by atoms with Gasteiger partial charge in [-0.1, -0.05) is 36.2 Å². The van der Waals surface area contributed by atoms with Gasteiger partial charge in [-0.15, -0.1) is 0 Å². The summed E-state index contributed by atoms with van der Waals surface area (Å²) in [4.78, 5) is 28.0.